The van der Waals surface area contributed by atoms with Crippen LogP contribution in [0.4, 0.5) is 0 Å². The molecule has 0 unspecified atom stereocenters. The maximum absolute atomic E-state index is 11.7. The van der Waals surface area contributed by atoms with E-state index in [1.807, 2.05) is 30.4 Å². The summed E-state index contributed by atoms with van der Waals surface area (Å²) in [5.74, 6) is 0.436. The van der Waals surface area contributed by atoms with E-state index in [2.05, 4.69) is 4.98 Å². The van der Waals surface area contributed by atoms with Crippen LogP contribution in [0.15, 0.2) is 30.5 Å². The third kappa shape index (κ3) is 3.98. The normalized spacial score (nSPS) is 11.1. The third-order valence-electron chi connectivity index (χ3n) is 3.01. The summed E-state index contributed by atoms with van der Waals surface area (Å²) in [6.07, 6.45) is 6.52. The molecule has 0 amide bonds. The van der Waals surface area contributed by atoms with Gasteiger partial charge in [0.05, 0.1) is 12.7 Å². The lowest BCUT2D eigenvalue weighted by Crippen LogP contribution is -1.99. The molecule has 2 aromatic rings. The Labute approximate surface area is 127 Å². The summed E-state index contributed by atoms with van der Waals surface area (Å²) in [7, 11) is 1.37. The van der Waals surface area contributed by atoms with Gasteiger partial charge >= 0.3 is 5.97 Å². The summed E-state index contributed by atoms with van der Waals surface area (Å²) in [5, 5.41) is 0.988. The Balaban J connectivity index is 2.12. The number of esters is 1. The van der Waals surface area contributed by atoms with Crippen molar-refractivity contribution in [3.63, 3.8) is 0 Å². The Morgan fingerprint density at radius 2 is 2.19 bits per heavy atom. The first kappa shape index (κ1) is 15.4. The van der Waals surface area contributed by atoms with E-state index in [1.54, 1.807) is 13.1 Å². The molecule has 110 valence electrons. The minimum atomic E-state index is -0.347. The minimum Gasteiger partial charge on any atom is -0.465 e. The summed E-state index contributed by atoms with van der Waals surface area (Å²) in [4.78, 5) is 25.5. The molecular weight excluding hydrogens is 286 g/mol. The molecule has 1 aromatic carbocycles. The first-order valence-corrected chi connectivity index (χ1v) is 7.59. The fourth-order valence-corrected chi connectivity index (χ4v) is 2.55. The van der Waals surface area contributed by atoms with Crippen LogP contribution in [0.2, 0.25) is 0 Å². The molecule has 2 rings (SSSR count). The van der Waals surface area contributed by atoms with Gasteiger partial charge in [-0.25, -0.2) is 4.79 Å². The Morgan fingerprint density at radius 3 is 2.90 bits per heavy atom. The average Bonchev–Trinajstić information content (AvgIpc) is 2.89. The predicted molar refractivity (Wildman–Crippen MR) is 86.4 cm³/mol. The number of nitrogens with one attached hydrogen (secondary N) is 1. The lowest BCUT2D eigenvalue weighted by molar-refractivity contribution is -0.109. The highest BCUT2D eigenvalue weighted by atomic mass is 32.2. The van der Waals surface area contributed by atoms with Crippen molar-refractivity contribution in [2.45, 2.75) is 13.3 Å². The minimum absolute atomic E-state index is 0.139. The SMILES string of the molecule is COC(=O)c1c[nH]c2ccc(C=CCCSC(C)=O)cc12. The Kier molecular flexibility index (Phi) is 5.22. The first-order chi connectivity index (χ1) is 10.1. The van der Waals surface area contributed by atoms with Crippen molar-refractivity contribution in [3.8, 4) is 0 Å². The summed E-state index contributed by atoms with van der Waals surface area (Å²) in [6, 6.07) is 5.87. The van der Waals surface area contributed by atoms with Crippen molar-refractivity contribution in [2.24, 2.45) is 0 Å². The quantitative estimate of drug-likeness (QED) is 0.677. The number of carbonyl (C=O) groups is 2. The Hall–Kier alpha value is -2.01. The van der Waals surface area contributed by atoms with Crippen molar-refractivity contribution >= 4 is 39.8 Å². The number of thioether (sulfide) groups is 1. The molecule has 1 heterocycles. The number of carbonyl (C=O) groups excluding carboxylic acids is 2. The molecule has 4 nitrogen and oxygen atoms in total. The van der Waals surface area contributed by atoms with E-state index in [1.165, 1.54) is 18.9 Å². The molecular formula is C16H17NO3S. The molecule has 0 spiro atoms. The van der Waals surface area contributed by atoms with Crippen LogP contribution in [-0.2, 0) is 9.53 Å². The van der Waals surface area contributed by atoms with Crippen LogP contribution in [-0.4, -0.2) is 28.9 Å². The molecule has 0 fully saturated rings. The first-order valence-electron chi connectivity index (χ1n) is 6.61. The van der Waals surface area contributed by atoms with E-state index in [0.717, 1.165) is 28.6 Å². The topological polar surface area (TPSA) is 59.2 Å². The van der Waals surface area contributed by atoms with E-state index in [-0.39, 0.29) is 11.1 Å². The van der Waals surface area contributed by atoms with Gasteiger partial charge in [-0.15, -0.1) is 0 Å². The van der Waals surface area contributed by atoms with Crippen LogP contribution in [0.3, 0.4) is 0 Å². The van der Waals surface area contributed by atoms with Gasteiger partial charge in [0.1, 0.15) is 0 Å². The van der Waals surface area contributed by atoms with Gasteiger partial charge in [-0.2, -0.15) is 0 Å². The number of rotatable bonds is 5. The zero-order chi connectivity index (χ0) is 15.2. The Bertz CT molecular complexity index is 688. The second-order valence-corrected chi connectivity index (χ2v) is 5.80. The maximum Gasteiger partial charge on any atom is 0.340 e. The number of hydrogen-bond acceptors (Lipinski definition) is 4. The number of benzene rings is 1. The van der Waals surface area contributed by atoms with E-state index < -0.39 is 0 Å². The molecule has 21 heavy (non-hydrogen) atoms. The summed E-state index contributed by atoms with van der Waals surface area (Å²) in [5.41, 5.74) is 2.45. The van der Waals surface area contributed by atoms with Crippen LogP contribution in [0.25, 0.3) is 17.0 Å². The number of fused-ring (bicyclic) bond motifs is 1. The number of allylic oxidation sites excluding steroid dienone is 1. The molecule has 0 bridgehead atoms. The highest BCUT2D eigenvalue weighted by molar-refractivity contribution is 8.13. The van der Waals surface area contributed by atoms with Crippen molar-refractivity contribution in [1.82, 2.24) is 4.98 Å². The van der Waals surface area contributed by atoms with Crippen LogP contribution in [0.1, 0.15) is 29.3 Å². The van der Waals surface area contributed by atoms with Gasteiger partial charge in [-0.3, -0.25) is 4.79 Å². The van der Waals surface area contributed by atoms with Crippen LogP contribution in [0, 0.1) is 0 Å². The average molecular weight is 303 g/mol. The van der Waals surface area contributed by atoms with Crippen LogP contribution < -0.4 is 0 Å². The number of ether oxygens (including phenoxy) is 1. The third-order valence-corrected chi connectivity index (χ3v) is 3.86. The van der Waals surface area contributed by atoms with Gasteiger partial charge in [0.2, 0.25) is 0 Å². The van der Waals surface area contributed by atoms with Crippen LogP contribution >= 0.6 is 11.8 Å². The lowest BCUT2D eigenvalue weighted by atomic mass is 10.1. The van der Waals surface area contributed by atoms with Crippen LogP contribution in [0.5, 0.6) is 0 Å². The molecule has 0 saturated carbocycles. The predicted octanol–water partition coefficient (Wildman–Crippen LogP) is 3.64. The zero-order valence-electron chi connectivity index (χ0n) is 12.0. The largest absolute Gasteiger partial charge is 0.465 e. The van der Waals surface area contributed by atoms with E-state index in [9.17, 15) is 9.59 Å². The number of hydrogen-bond donors (Lipinski definition) is 1. The number of H-pyrrole nitrogens is 1. The molecule has 5 heteroatoms. The molecule has 0 aliphatic rings. The van der Waals surface area contributed by atoms with Gasteiger partial charge in [0.25, 0.3) is 0 Å². The summed E-state index contributed by atoms with van der Waals surface area (Å²) >= 11 is 1.32. The molecule has 1 N–H and O–H groups in total. The van der Waals surface area contributed by atoms with Gasteiger partial charge in [0.15, 0.2) is 5.12 Å². The number of methoxy groups -OCH3 is 1. The second-order valence-electron chi connectivity index (χ2n) is 4.53. The lowest BCUT2D eigenvalue weighted by Gasteiger charge is -1.99. The monoisotopic (exact) mass is 303 g/mol. The van der Waals surface area contributed by atoms with Gasteiger partial charge < -0.3 is 9.72 Å². The molecule has 1 aromatic heterocycles. The number of aromatic amines is 1. The van der Waals surface area contributed by atoms with Crippen molar-refractivity contribution in [3.05, 3.63) is 41.6 Å². The van der Waals surface area contributed by atoms with E-state index >= 15 is 0 Å². The van der Waals surface area contributed by atoms with Gasteiger partial charge in [0, 0.05) is 29.8 Å². The second kappa shape index (κ2) is 7.13. The summed E-state index contributed by atoms with van der Waals surface area (Å²) in [6.45, 7) is 1.57. The van der Waals surface area contributed by atoms with E-state index in [0.29, 0.717) is 5.56 Å². The van der Waals surface area contributed by atoms with Crippen molar-refractivity contribution in [2.75, 3.05) is 12.9 Å². The fourth-order valence-electron chi connectivity index (χ4n) is 2.01. The highest BCUT2D eigenvalue weighted by Crippen LogP contribution is 2.21. The highest BCUT2D eigenvalue weighted by Gasteiger charge is 2.11. The van der Waals surface area contributed by atoms with Gasteiger partial charge in [-0.05, 0) is 24.1 Å². The standard InChI is InChI=1S/C16H17NO3S/c1-11(18)21-8-4-3-5-12-6-7-15-13(9-12)14(10-17-15)16(19)20-2/h3,5-7,9-10,17H,4,8H2,1-2H3. The molecule has 0 radical (unpaired) electrons. The van der Waals surface area contributed by atoms with Crippen molar-refractivity contribution in [1.29, 1.82) is 0 Å². The molecule has 0 aliphatic heterocycles. The summed E-state index contributed by atoms with van der Waals surface area (Å²) < 4.78 is 4.77. The number of aromatic nitrogens is 1. The maximum atomic E-state index is 11.7. The molecule has 0 aliphatic carbocycles. The smallest absolute Gasteiger partial charge is 0.340 e. The zero-order valence-corrected chi connectivity index (χ0v) is 12.8. The van der Waals surface area contributed by atoms with Crippen molar-refractivity contribution < 1.29 is 14.3 Å². The molecule has 0 saturated heterocycles. The fraction of sp³-hybridized carbons (Fsp3) is 0.250. The van der Waals surface area contributed by atoms with Gasteiger partial charge in [-0.1, -0.05) is 30.0 Å². The van der Waals surface area contributed by atoms with E-state index in [4.69, 9.17) is 4.74 Å². The Morgan fingerprint density at radius 1 is 1.38 bits per heavy atom. The molecule has 0 atom stereocenters.